The first-order valence-corrected chi connectivity index (χ1v) is 10.1. The molecular weight excluding hydrogens is 379 g/mol. The van der Waals surface area contributed by atoms with E-state index in [-0.39, 0.29) is 11.7 Å². The number of hydrogen-bond acceptors (Lipinski definition) is 2. The van der Waals surface area contributed by atoms with Gasteiger partial charge in [-0.2, -0.15) is 5.26 Å². The number of hydrogen-bond donors (Lipinski definition) is 2. The molecule has 0 saturated heterocycles. The van der Waals surface area contributed by atoms with Crippen molar-refractivity contribution in [3.63, 3.8) is 0 Å². The second-order valence-corrected chi connectivity index (χ2v) is 7.78. The molecule has 4 rings (SSSR count). The number of nitriles is 1. The van der Waals surface area contributed by atoms with Crippen LogP contribution in [0.5, 0.6) is 0 Å². The number of aromatic nitrogens is 1. The molecule has 2 aromatic carbocycles. The summed E-state index contributed by atoms with van der Waals surface area (Å²) in [5.74, 6) is -0.124. The number of anilines is 1. The third kappa shape index (κ3) is 3.72. The first-order valence-electron chi connectivity index (χ1n) is 10.1. The molecule has 2 heterocycles. The van der Waals surface area contributed by atoms with Gasteiger partial charge in [0, 0.05) is 17.7 Å². The minimum atomic E-state index is -0.370. The van der Waals surface area contributed by atoms with Gasteiger partial charge < -0.3 is 10.2 Å². The Morgan fingerprint density at radius 2 is 1.97 bits per heavy atom. The molecule has 0 bridgehead atoms. The zero-order chi connectivity index (χ0) is 21.3. The summed E-state index contributed by atoms with van der Waals surface area (Å²) in [5.41, 5.74) is 5.18. The van der Waals surface area contributed by atoms with Gasteiger partial charge in [0.2, 0.25) is 0 Å². The molecule has 0 aliphatic carbocycles. The van der Waals surface area contributed by atoms with E-state index < -0.39 is 0 Å². The maximum Gasteiger partial charge on any atom is 0.280 e. The number of rotatable bonds is 4. The van der Waals surface area contributed by atoms with E-state index in [0.29, 0.717) is 23.6 Å². The van der Waals surface area contributed by atoms with Crippen LogP contribution in [0.25, 0.3) is 5.69 Å². The minimum absolute atomic E-state index is 0.156. The molecule has 5 nitrogen and oxygen atoms in total. The first-order chi connectivity index (χ1) is 14.5. The predicted octanol–water partition coefficient (Wildman–Crippen LogP) is 2.68. The van der Waals surface area contributed by atoms with Crippen LogP contribution in [0.3, 0.4) is 0 Å². The Labute approximate surface area is 175 Å². The monoisotopic (exact) mass is 403 g/mol. The van der Waals surface area contributed by atoms with Gasteiger partial charge in [0.1, 0.15) is 24.2 Å². The van der Waals surface area contributed by atoms with Crippen molar-refractivity contribution in [2.45, 2.75) is 26.8 Å². The second-order valence-electron chi connectivity index (χ2n) is 7.78. The normalized spacial score (nSPS) is 15.3. The van der Waals surface area contributed by atoms with Gasteiger partial charge >= 0.3 is 0 Å². The van der Waals surface area contributed by atoms with E-state index in [1.807, 2.05) is 26.0 Å². The van der Waals surface area contributed by atoms with Crippen LogP contribution in [-0.2, 0) is 17.8 Å². The average Bonchev–Trinajstić information content (AvgIpc) is 2.97. The summed E-state index contributed by atoms with van der Waals surface area (Å²) in [6.07, 6.45) is 0.945. The van der Waals surface area contributed by atoms with Crippen molar-refractivity contribution in [1.82, 2.24) is 4.57 Å². The van der Waals surface area contributed by atoms with Crippen LogP contribution < -0.4 is 10.2 Å². The lowest BCUT2D eigenvalue weighted by Crippen LogP contribution is -3.12. The molecule has 0 spiro atoms. The minimum Gasteiger partial charge on any atom is -0.323 e. The molecule has 30 heavy (non-hydrogen) atoms. The molecule has 0 radical (unpaired) electrons. The molecule has 0 fully saturated rings. The Hall–Kier alpha value is -3.43. The van der Waals surface area contributed by atoms with E-state index in [0.717, 1.165) is 30.8 Å². The van der Waals surface area contributed by atoms with Gasteiger partial charge in [-0.25, -0.2) is 4.39 Å². The molecule has 152 valence electrons. The molecule has 1 amide bonds. The zero-order valence-electron chi connectivity index (χ0n) is 17.1. The number of fused-ring (bicyclic) bond motifs is 1. The number of nitrogens with one attached hydrogen (secondary N) is 2. The number of benzene rings is 2. The molecule has 3 aromatic rings. The fraction of sp³-hybridized carbons (Fsp3) is 0.250. The fourth-order valence-electron chi connectivity index (χ4n) is 4.20. The van der Waals surface area contributed by atoms with Crippen LogP contribution in [0.15, 0.2) is 48.5 Å². The van der Waals surface area contributed by atoms with Gasteiger partial charge in [-0.3, -0.25) is 9.36 Å². The third-order valence-corrected chi connectivity index (χ3v) is 5.87. The molecule has 1 aliphatic heterocycles. The highest BCUT2D eigenvalue weighted by atomic mass is 19.1. The Morgan fingerprint density at radius 3 is 2.70 bits per heavy atom. The van der Waals surface area contributed by atoms with Crippen LogP contribution in [0.2, 0.25) is 0 Å². The second kappa shape index (κ2) is 8.13. The van der Waals surface area contributed by atoms with Gasteiger partial charge in [-0.15, -0.1) is 0 Å². The molecule has 1 unspecified atom stereocenters. The van der Waals surface area contributed by atoms with Gasteiger partial charge in [0.15, 0.2) is 6.54 Å². The summed E-state index contributed by atoms with van der Waals surface area (Å²) < 4.78 is 15.6. The molecule has 1 aliphatic rings. The Balaban J connectivity index is 1.59. The van der Waals surface area contributed by atoms with Crippen LogP contribution in [0.1, 0.15) is 27.9 Å². The van der Waals surface area contributed by atoms with Crippen molar-refractivity contribution < 1.29 is 14.1 Å². The van der Waals surface area contributed by atoms with E-state index in [9.17, 15) is 14.4 Å². The van der Waals surface area contributed by atoms with Crippen molar-refractivity contribution in [3.8, 4) is 11.8 Å². The van der Waals surface area contributed by atoms with Crippen molar-refractivity contribution >= 4 is 11.7 Å². The number of amides is 1. The van der Waals surface area contributed by atoms with Crippen molar-refractivity contribution in [2.75, 3.05) is 18.4 Å². The molecule has 1 atom stereocenters. The van der Waals surface area contributed by atoms with Crippen LogP contribution >= 0.6 is 0 Å². The fourth-order valence-corrected chi connectivity index (χ4v) is 4.20. The molecule has 0 saturated carbocycles. The Bertz CT molecular complexity index is 1160. The quantitative estimate of drug-likeness (QED) is 0.704. The van der Waals surface area contributed by atoms with E-state index in [1.54, 1.807) is 16.7 Å². The van der Waals surface area contributed by atoms with Crippen molar-refractivity contribution in [2.24, 2.45) is 0 Å². The number of nitrogens with zero attached hydrogens (tertiary/aromatic N) is 2. The van der Waals surface area contributed by atoms with Crippen LogP contribution in [0, 0.1) is 31.0 Å². The van der Waals surface area contributed by atoms with E-state index in [4.69, 9.17) is 0 Å². The maximum atomic E-state index is 13.8. The van der Waals surface area contributed by atoms with E-state index in [2.05, 4.69) is 23.5 Å². The van der Waals surface area contributed by atoms with Gasteiger partial charge in [0.05, 0.1) is 17.8 Å². The van der Waals surface area contributed by atoms with Gasteiger partial charge in [-0.05, 0) is 43.2 Å². The maximum absolute atomic E-state index is 13.8. The van der Waals surface area contributed by atoms with Crippen LogP contribution in [-0.4, -0.2) is 23.6 Å². The number of carbonyl (C=O) groups is 1. The standard InChI is InChI=1S/C24H23FN4O/c1-16-17(2)29(21-9-5-8-20(25)12-21)24(22(16)13-26)27-23(30)15-28-11-10-18-6-3-4-7-19(18)14-28/h3-9,12H,10-11,14-15H2,1-2H3,(H,27,30)/p+1. The van der Waals surface area contributed by atoms with Crippen molar-refractivity contribution in [1.29, 1.82) is 5.26 Å². The van der Waals surface area contributed by atoms with Crippen molar-refractivity contribution in [3.05, 3.63) is 82.3 Å². The highest BCUT2D eigenvalue weighted by molar-refractivity contribution is 5.93. The average molecular weight is 403 g/mol. The third-order valence-electron chi connectivity index (χ3n) is 5.87. The molecule has 6 heteroatoms. The van der Waals surface area contributed by atoms with Gasteiger partial charge in [-0.1, -0.05) is 30.3 Å². The molecular formula is C24H24FN4O+. The van der Waals surface area contributed by atoms with Gasteiger partial charge in [0.25, 0.3) is 5.91 Å². The molecule has 1 aromatic heterocycles. The largest absolute Gasteiger partial charge is 0.323 e. The highest BCUT2D eigenvalue weighted by Gasteiger charge is 2.25. The Kier molecular flexibility index (Phi) is 5.39. The van der Waals surface area contributed by atoms with E-state index in [1.165, 1.54) is 28.2 Å². The highest BCUT2D eigenvalue weighted by Crippen LogP contribution is 2.30. The lowest BCUT2D eigenvalue weighted by molar-refractivity contribution is -0.907. The zero-order valence-corrected chi connectivity index (χ0v) is 17.1. The lowest BCUT2D eigenvalue weighted by atomic mass is 10.00. The summed E-state index contributed by atoms with van der Waals surface area (Å²) in [7, 11) is 0. The SMILES string of the molecule is Cc1c(C#N)c(NC(=O)C[NH+]2CCc3ccccc3C2)n(-c2cccc(F)c2)c1C. The smallest absolute Gasteiger partial charge is 0.280 e. The number of quaternary nitrogens is 1. The topological polar surface area (TPSA) is 62.3 Å². The number of halogens is 1. The summed E-state index contributed by atoms with van der Waals surface area (Å²) in [4.78, 5) is 14.1. The lowest BCUT2D eigenvalue weighted by Gasteiger charge is -2.25. The summed E-state index contributed by atoms with van der Waals surface area (Å²) in [6.45, 7) is 5.71. The molecule has 2 N–H and O–H groups in total. The van der Waals surface area contributed by atoms with E-state index >= 15 is 0 Å². The Morgan fingerprint density at radius 1 is 1.20 bits per heavy atom. The predicted molar refractivity (Wildman–Crippen MR) is 113 cm³/mol. The first kappa shape index (κ1) is 19.9. The summed E-state index contributed by atoms with van der Waals surface area (Å²) in [5, 5.41) is 12.6. The van der Waals surface area contributed by atoms with Crippen LogP contribution in [0.4, 0.5) is 10.2 Å². The summed E-state index contributed by atoms with van der Waals surface area (Å²) in [6, 6.07) is 16.7. The number of carbonyl (C=O) groups excluding carboxylic acids is 1. The summed E-state index contributed by atoms with van der Waals surface area (Å²) >= 11 is 0.